The van der Waals surface area contributed by atoms with E-state index in [4.69, 9.17) is 9.47 Å². The van der Waals surface area contributed by atoms with Crippen molar-refractivity contribution in [3.05, 3.63) is 78.0 Å². The Morgan fingerprint density at radius 2 is 1.81 bits per heavy atom. The van der Waals surface area contributed by atoms with Gasteiger partial charge in [0.2, 0.25) is 0 Å². The number of carbonyl (C=O) groups is 1. The number of para-hydroxylation sites is 1. The van der Waals surface area contributed by atoms with Gasteiger partial charge in [-0.3, -0.25) is 4.79 Å². The number of rotatable bonds is 7. The number of hydrogen-bond donors (Lipinski definition) is 1. The molecule has 0 bridgehead atoms. The average Bonchev–Trinajstić information content (AvgIpc) is 2.72. The molecule has 0 aliphatic carbocycles. The van der Waals surface area contributed by atoms with Crippen LogP contribution in [0.4, 0.5) is 0 Å². The first-order valence-electron chi connectivity index (χ1n) is 8.38. The third-order valence-electron chi connectivity index (χ3n) is 3.90. The quantitative estimate of drug-likeness (QED) is 0.666. The summed E-state index contributed by atoms with van der Waals surface area (Å²) in [7, 11) is 3.17. The van der Waals surface area contributed by atoms with Crippen LogP contribution in [0, 0.1) is 0 Å². The molecule has 0 saturated heterocycles. The van der Waals surface area contributed by atoms with E-state index in [2.05, 4.69) is 10.3 Å². The molecule has 1 N–H and O–H groups in total. The summed E-state index contributed by atoms with van der Waals surface area (Å²) in [5, 5.41) is 3.83. The van der Waals surface area contributed by atoms with Gasteiger partial charge in [0.25, 0.3) is 5.91 Å². The van der Waals surface area contributed by atoms with Gasteiger partial charge in [-0.05, 0) is 42.5 Å². The molecule has 0 aliphatic rings. The number of pyridine rings is 1. The molecule has 2 aromatic carbocycles. The largest absolute Gasteiger partial charge is 0.493 e. The Morgan fingerprint density at radius 3 is 2.48 bits per heavy atom. The van der Waals surface area contributed by atoms with E-state index in [-0.39, 0.29) is 5.91 Å². The van der Waals surface area contributed by atoms with E-state index >= 15 is 0 Å². The molecule has 0 unspecified atom stereocenters. The molecule has 6 heteroatoms. The number of nitrogens with zero attached hydrogens (tertiary/aromatic N) is 1. The highest BCUT2D eigenvalue weighted by Gasteiger charge is 2.11. The summed E-state index contributed by atoms with van der Waals surface area (Å²) in [6, 6.07) is 18.8. The van der Waals surface area contributed by atoms with Crippen molar-refractivity contribution in [2.24, 2.45) is 0 Å². The summed E-state index contributed by atoms with van der Waals surface area (Å²) in [6.45, 7) is 0.351. The van der Waals surface area contributed by atoms with Crippen molar-refractivity contribution in [1.82, 2.24) is 10.3 Å². The smallest absolute Gasteiger partial charge is 0.251 e. The molecule has 1 aromatic heterocycles. The normalized spacial score (nSPS) is 10.3. The van der Waals surface area contributed by atoms with Crippen molar-refractivity contribution in [3.63, 3.8) is 0 Å². The molecule has 3 rings (SSSR count). The van der Waals surface area contributed by atoms with Gasteiger partial charge in [-0.1, -0.05) is 30.0 Å². The first-order valence-corrected chi connectivity index (χ1v) is 9.20. The van der Waals surface area contributed by atoms with E-state index in [9.17, 15) is 4.79 Å². The Labute approximate surface area is 162 Å². The molecule has 138 valence electrons. The molecule has 0 radical (unpaired) electrons. The zero-order valence-corrected chi connectivity index (χ0v) is 16.0. The first kappa shape index (κ1) is 18.8. The SMILES string of the molecule is COc1cccc(CNC(=O)c2ccc(Sc3ccccn3)cc2)c1OC. The monoisotopic (exact) mass is 380 g/mol. The fourth-order valence-corrected chi connectivity index (χ4v) is 3.35. The summed E-state index contributed by atoms with van der Waals surface area (Å²) in [4.78, 5) is 17.8. The van der Waals surface area contributed by atoms with Crippen LogP contribution < -0.4 is 14.8 Å². The Kier molecular flexibility index (Phi) is 6.33. The molecule has 0 atom stereocenters. The maximum atomic E-state index is 12.4. The van der Waals surface area contributed by atoms with Crippen LogP contribution in [0.5, 0.6) is 11.5 Å². The zero-order chi connectivity index (χ0) is 19.1. The van der Waals surface area contributed by atoms with E-state index < -0.39 is 0 Å². The summed E-state index contributed by atoms with van der Waals surface area (Å²) in [6.07, 6.45) is 1.76. The first-order chi connectivity index (χ1) is 13.2. The van der Waals surface area contributed by atoms with Gasteiger partial charge < -0.3 is 14.8 Å². The van der Waals surface area contributed by atoms with Crippen LogP contribution in [-0.4, -0.2) is 25.1 Å². The van der Waals surface area contributed by atoms with Crippen LogP contribution in [0.25, 0.3) is 0 Å². The predicted octanol–water partition coefficient (Wildman–Crippen LogP) is 4.18. The van der Waals surface area contributed by atoms with Gasteiger partial charge in [-0.25, -0.2) is 4.98 Å². The Balaban J connectivity index is 1.63. The Morgan fingerprint density at radius 1 is 1.00 bits per heavy atom. The molecule has 3 aromatic rings. The van der Waals surface area contributed by atoms with Gasteiger partial charge in [-0.15, -0.1) is 0 Å². The van der Waals surface area contributed by atoms with Gasteiger partial charge >= 0.3 is 0 Å². The summed E-state index contributed by atoms with van der Waals surface area (Å²) >= 11 is 1.55. The minimum atomic E-state index is -0.144. The molecule has 5 nitrogen and oxygen atoms in total. The molecular weight excluding hydrogens is 360 g/mol. The van der Waals surface area contributed by atoms with E-state index in [1.54, 1.807) is 32.2 Å². The molecular formula is C21H20N2O3S. The van der Waals surface area contributed by atoms with Crippen LogP contribution in [0.2, 0.25) is 0 Å². The number of ether oxygens (including phenoxy) is 2. The Bertz CT molecular complexity index is 899. The molecule has 1 heterocycles. The Hall–Kier alpha value is -2.99. The average molecular weight is 380 g/mol. The van der Waals surface area contributed by atoms with Gasteiger partial charge in [0.15, 0.2) is 11.5 Å². The maximum Gasteiger partial charge on any atom is 0.251 e. The maximum absolute atomic E-state index is 12.4. The zero-order valence-electron chi connectivity index (χ0n) is 15.1. The lowest BCUT2D eigenvalue weighted by Gasteiger charge is -2.13. The van der Waals surface area contributed by atoms with Crippen LogP contribution in [0.3, 0.4) is 0 Å². The number of amides is 1. The molecule has 27 heavy (non-hydrogen) atoms. The van der Waals surface area contributed by atoms with Crippen molar-refractivity contribution < 1.29 is 14.3 Å². The summed E-state index contributed by atoms with van der Waals surface area (Å²) in [5.41, 5.74) is 1.45. The number of carbonyl (C=O) groups excluding carboxylic acids is 1. The van der Waals surface area contributed by atoms with Gasteiger partial charge in [0, 0.05) is 28.8 Å². The highest BCUT2D eigenvalue weighted by atomic mass is 32.2. The fraction of sp³-hybridized carbons (Fsp3) is 0.143. The summed E-state index contributed by atoms with van der Waals surface area (Å²) < 4.78 is 10.7. The van der Waals surface area contributed by atoms with Gasteiger partial charge in [0.05, 0.1) is 14.2 Å². The minimum absolute atomic E-state index is 0.144. The van der Waals surface area contributed by atoms with E-state index in [0.29, 0.717) is 23.6 Å². The van der Waals surface area contributed by atoms with Crippen LogP contribution >= 0.6 is 11.8 Å². The second-order valence-corrected chi connectivity index (χ2v) is 6.72. The number of aromatic nitrogens is 1. The minimum Gasteiger partial charge on any atom is -0.493 e. The molecule has 0 fully saturated rings. The second kappa shape index (κ2) is 9.09. The highest BCUT2D eigenvalue weighted by Crippen LogP contribution is 2.30. The second-order valence-electron chi connectivity index (χ2n) is 5.63. The number of methoxy groups -OCH3 is 2. The van der Waals surface area contributed by atoms with Crippen LogP contribution in [-0.2, 0) is 6.54 Å². The van der Waals surface area contributed by atoms with Gasteiger partial charge in [-0.2, -0.15) is 0 Å². The van der Waals surface area contributed by atoms with Crippen LogP contribution in [0.15, 0.2) is 76.8 Å². The number of nitrogens with one attached hydrogen (secondary N) is 1. The lowest BCUT2D eigenvalue weighted by Crippen LogP contribution is -2.23. The summed E-state index contributed by atoms with van der Waals surface area (Å²) in [5.74, 6) is 1.12. The third-order valence-corrected chi connectivity index (χ3v) is 4.86. The van der Waals surface area contributed by atoms with E-state index in [0.717, 1.165) is 15.5 Å². The van der Waals surface area contributed by atoms with Crippen LogP contribution in [0.1, 0.15) is 15.9 Å². The molecule has 0 saturated carbocycles. The fourth-order valence-electron chi connectivity index (χ4n) is 2.57. The standard InChI is InChI=1S/C21H20N2O3S/c1-25-18-7-5-6-16(20(18)26-2)14-23-21(24)15-9-11-17(12-10-15)27-19-8-3-4-13-22-19/h3-13H,14H2,1-2H3,(H,23,24). The molecule has 0 aliphatic heterocycles. The lowest BCUT2D eigenvalue weighted by atomic mass is 10.1. The van der Waals surface area contributed by atoms with Crippen molar-refractivity contribution in [2.45, 2.75) is 16.5 Å². The van der Waals surface area contributed by atoms with Gasteiger partial charge in [0.1, 0.15) is 5.03 Å². The number of benzene rings is 2. The van der Waals surface area contributed by atoms with E-state index in [1.807, 2.05) is 60.7 Å². The van der Waals surface area contributed by atoms with Crippen molar-refractivity contribution in [1.29, 1.82) is 0 Å². The number of hydrogen-bond acceptors (Lipinski definition) is 5. The predicted molar refractivity (Wildman–Crippen MR) is 106 cm³/mol. The molecule has 0 spiro atoms. The topological polar surface area (TPSA) is 60.5 Å². The van der Waals surface area contributed by atoms with E-state index in [1.165, 1.54) is 0 Å². The third kappa shape index (κ3) is 4.80. The lowest BCUT2D eigenvalue weighted by molar-refractivity contribution is 0.0950. The highest BCUT2D eigenvalue weighted by molar-refractivity contribution is 7.99. The van der Waals surface area contributed by atoms with Crippen molar-refractivity contribution in [2.75, 3.05) is 14.2 Å². The van der Waals surface area contributed by atoms with Crippen molar-refractivity contribution >= 4 is 17.7 Å². The van der Waals surface area contributed by atoms with Crippen molar-refractivity contribution in [3.8, 4) is 11.5 Å². The molecule has 1 amide bonds.